The third-order valence-electron chi connectivity index (χ3n) is 4.01. The van der Waals surface area contributed by atoms with Crippen molar-refractivity contribution in [2.24, 2.45) is 0 Å². The maximum absolute atomic E-state index is 10.7. The first-order valence-corrected chi connectivity index (χ1v) is 7.76. The summed E-state index contributed by atoms with van der Waals surface area (Å²) >= 11 is 0. The summed E-state index contributed by atoms with van der Waals surface area (Å²) in [6.45, 7) is 1.64. The summed E-state index contributed by atoms with van der Waals surface area (Å²) in [6, 6.07) is 16.6. The number of aromatic nitrogens is 3. The fourth-order valence-corrected chi connectivity index (χ4v) is 2.61. The molecule has 1 aromatic heterocycles. The van der Waals surface area contributed by atoms with Crippen LogP contribution in [0.25, 0.3) is 11.1 Å². The summed E-state index contributed by atoms with van der Waals surface area (Å²) in [6.07, 6.45) is 1.22. The normalized spacial score (nSPS) is 13.0. The third kappa shape index (κ3) is 3.58. The van der Waals surface area contributed by atoms with Crippen molar-refractivity contribution in [3.05, 3.63) is 76.1 Å². The van der Waals surface area contributed by atoms with Crippen LogP contribution in [0.5, 0.6) is 0 Å². The average molecular weight is 349 g/mol. The van der Waals surface area contributed by atoms with Gasteiger partial charge in [-0.1, -0.05) is 41.4 Å². The van der Waals surface area contributed by atoms with Gasteiger partial charge < -0.3 is 15.2 Å². The van der Waals surface area contributed by atoms with Gasteiger partial charge in [0.1, 0.15) is 5.60 Å². The van der Waals surface area contributed by atoms with Gasteiger partial charge in [-0.3, -0.25) is 0 Å². The van der Waals surface area contributed by atoms with Crippen LogP contribution in [-0.2, 0) is 12.1 Å². The van der Waals surface area contributed by atoms with E-state index in [1.165, 1.54) is 11.0 Å². The Morgan fingerprint density at radius 3 is 2.27 bits per heavy atom. The van der Waals surface area contributed by atoms with Crippen LogP contribution in [0.15, 0.2) is 54.9 Å². The first kappa shape index (κ1) is 17.3. The van der Waals surface area contributed by atoms with Crippen molar-refractivity contribution in [1.29, 1.82) is 5.26 Å². The van der Waals surface area contributed by atoms with Crippen molar-refractivity contribution in [2.75, 3.05) is 0 Å². The van der Waals surface area contributed by atoms with Gasteiger partial charge in [0.2, 0.25) is 6.33 Å². The Balaban J connectivity index is 1.79. The fourth-order valence-electron chi connectivity index (χ4n) is 2.61. The highest BCUT2D eigenvalue weighted by Crippen LogP contribution is 2.26. The predicted molar refractivity (Wildman–Crippen MR) is 92.8 cm³/mol. The lowest BCUT2D eigenvalue weighted by molar-refractivity contribution is -0.394. The minimum absolute atomic E-state index is 0.0318. The van der Waals surface area contributed by atoms with Gasteiger partial charge >= 0.3 is 5.95 Å². The van der Waals surface area contributed by atoms with Crippen molar-refractivity contribution in [3.8, 4) is 17.2 Å². The number of nitrogens with zero attached hydrogens (tertiary/aromatic N) is 5. The number of rotatable bonds is 5. The highest BCUT2D eigenvalue weighted by molar-refractivity contribution is 5.64. The van der Waals surface area contributed by atoms with E-state index < -0.39 is 16.5 Å². The monoisotopic (exact) mass is 349 g/mol. The SMILES string of the molecule is CC(O)(Cn1cnc([N+](=O)[O-])n1)c1ccc(-c2ccc(C#N)cc2)cc1. The van der Waals surface area contributed by atoms with Crippen LogP contribution in [0.2, 0.25) is 0 Å². The third-order valence-corrected chi connectivity index (χ3v) is 4.01. The molecule has 8 heteroatoms. The van der Waals surface area contributed by atoms with E-state index in [9.17, 15) is 15.2 Å². The molecule has 0 aliphatic carbocycles. The van der Waals surface area contributed by atoms with E-state index in [4.69, 9.17) is 5.26 Å². The van der Waals surface area contributed by atoms with E-state index in [1.807, 2.05) is 24.3 Å². The smallest absolute Gasteiger partial charge is 0.390 e. The van der Waals surface area contributed by atoms with Crippen molar-refractivity contribution in [2.45, 2.75) is 19.1 Å². The maximum atomic E-state index is 10.7. The maximum Gasteiger partial charge on any atom is 0.490 e. The fraction of sp³-hybridized carbons (Fsp3) is 0.167. The molecule has 1 heterocycles. The molecule has 0 radical (unpaired) electrons. The van der Waals surface area contributed by atoms with Gasteiger partial charge in [0.05, 0.1) is 18.2 Å². The quantitative estimate of drug-likeness (QED) is 0.559. The Morgan fingerprint density at radius 2 is 1.77 bits per heavy atom. The molecule has 0 saturated heterocycles. The van der Waals surface area contributed by atoms with Gasteiger partial charge in [-0.2, -0.15) is 9.94 Å². The predicted octanol–water partition coefficient (Wildman–Crippen LogP) is 2.63. The standard InChI is InChI=1S/C18H15N5O3/c1-18(24,11-22-12-20-17(21-22)23(25)26)16-8-6-15(7-9-16)14-4-2-13(10-19)3-5-14/h2-9,12,24H,11H2,1H3. The Kier molecular flexibility index (Phi) is 4.47. The van der Waals surface area contributed by atoms with Crippen LogP contribution in [0.4, 0.5) is 5.95 Å². The van der Waals surface area contributed by atoms with E-state index in [1.54, 1.807) is 31.2 Å². The lowest BCUT2D eigenvalue weighted by Crippen LogP contribution is -2.28. The number of nitriles is 1. The van der Waals surface area contributed by atoms with Crippen molar-refractivity contribution >= 4 is 5.95 Å². The van der Waals surface area contributed by atoms with Crippen molar-refractivity contribution < 1.29 is 10.0 Å². The second kappa shape index (κ2) is 6.74. The zero-order valence-electron chi connectivity index (χ0n) is 13.9. The first-order chi connectivity index (χ1) is 12.4. The molecule has 1 N–H and O–H groups in total. The first-order valence-electron chi connectivity index (χ1n) is 7.76. The van der Waals surface area contributed by atoms with Crippen molar-refractivity contribution in [1.82, 2.24) is 14.8 Å². The molecule has 0 bridgehead atoms. The lowest BCUT2D eigenvalue weighted by Gasteiger charge is -2.22. The molecule has 2 aromatic carbocycles. The second-order valence-electron chi connectivity index (χ2n) is 6.04. The summed E-state index contributed by atoms with van der Waals surface area (Å²) in [7, 11) is 0. The Hall–Kier alpha value is -3.57. The van der Waals surface area contributed by atoms with Gasteiger partial charge in [0.15, 0.2) is 0 Å². The molecular formula is C18H15N5O3. The van der Waals surface area contributed by atoms with Crippen LogP contribution in [-0.4, -0.2) is 24.8 Å². The summed E-state index contributed by atoms with van der Waals surface area (Å²) in [5, 5.41) is 33.9. The van der Waals surface area contributed by atoms with Crippen LogP contribution < -0.4 is 0 Å². The zero-order valence-corrected chi connectivity index (χ0v) is 13.9. The molecule has 26 heavy (non-hydrogen) atoms. The molecule has 0 fully saturated rings. The van der Waals surface area contributed by atoms with Crippen LogP contribution in [0, 0.1) is 21.4 Å². The van der Waals surface area contributed by atoms with E-state index >= 15 is 0 Å². The number of benzene rings is 2. The molecule has 3 rings (SSSR count). The topological polar surface area (TPSA) is 118 Å². The van der Waals surface area contributed by atoms with E-state index in [-0.39, 0.29) is 6.54 Å². The van der Waals surface area contributed by atoms with Crippen LogP contribution in [0.3, 0.4) is 0 Å². The van der Waals surface area contributed by atoms with Gasteiger partial charge in [0, 0.05) is 5.10 Å². The molecule has 0 amide bonds. The number of aliphatic hydroxyl groups is 1. The second-order valence-corrected chi connectivity index (χ2v) is 6.04. The van der Waals surface area contributed by atoms with Crippen molar-refractivity contribution in [3.63, 3.8) is 0 Å². The molecule has 0 aliphatic rings. The Bertz CT molecular complexity index is 969. The molecule has 8 nitrogen and oxygen atoms in total. The summed E-state index contributed by atoms with van der Waals surface area (Å²) in [4.78, 5) is 13.5. The molecular weight excluding hydrogens is 334 g/mol. The largest absolute Gasteiger partial charge is 0.490 e. The highest BCUT2D eigenvalue weighted by atomic mass is 16.6. The highest BCUT2D eigenvalue weighted by Gasteiger charge is 2.27. The minimum atomic E-state index is -1.27. The molecule has 0 saturated carbocycles. The molecule has 3 aromatic rings. The zero-order chi connectivity index (χ0) is 18.7. The van der Waals surface area contributed by atoms with Gasteiger partial charge in [0.25, 0.3) is 0 Å². The van der Waals surface area contributed by atoms with Crippen LogP contribution in [0.1, 0.15) is 18.1 Å². The van der Waals surface area contributed by atoms with E-state index in [2.05, 4.69) is 16.2 Å². The average Bonchev–Trinajstić information content (AvgIpc) is 3.10. The molecule has 0 aliphatic heterocycles. The molecule has 0 spiro atoms. The van der Waals surface area contributed by atoms with Gasteiger partial charge in [-0.25, -0.2) is 0 Å². The van der Waals surface area contributed by atoms with Gasteiger partial charge in [-0.15, -0.1) is 0 Å². The summed E-state index contributed by atoms with van der Waals surface area (Å²) in [5.41, 5.74) is 1.88. The molecule has 1 unspecified atom stereocenters. The minimum Gasteiger partial charge on any atom is -0.390 e. The van der Waals surface area contributed by atoms with E-state index in [0.29, 0.717) is 11.1 Å². The molecule has 1 atom stereocenters. The van der Waals surface area contributed by atoms with Crippen LogP contribution >= 0.6 is 0 Å². The lowest BCUT2D eigenvalue weighted by atomic mass is 9.93. The Morgan fingerprint density at radius 1 is 1.19 bits per heavy atom. The number of hydrogen-bond acceptors (Lipinski definition) is 6. The number of hydrogen-bond donors (Lipinski definition) is 1. The summed E-state index contributed by atoms with van der Waals surface area (Å²) in [5.74, 6) is -0.503. The Labute approximate surface area is 149 Å². The van der Waals surface area contributed by atoms with E-state index in [0.717, 1.165) is 11.1 Å². The summed E-state index contributed by atoms with van der Waals surface area (Å²) < 4.78 is 1.24. The molecule has 130 valence electrons. The number of nitro groups is 1. The van der Waals surface area contributed by atoms with Gasteiger partial charge in [-0.05, 0) is 40.7 Å².